The fraction of sp³-hybridized carbons (Fsp3) is 0.143. The Morgan fingerprint density at radius 1 is 1.18 bits per heavy atom. The van der Waals surface area contributed by atoms with Crippen molar-refractivity contribution in [2.24, 2.45) is 0 Å². The van der Waals surface area contributed by atoms with Gasteiger partial charge in [0.25, 0.3) is 0 Å². The Hall–Kier alpha value is 0.620. The maximum atomic E-state index is 8.90. The zero-order valence-electron chi connectivity index (χ0n) is 5.44. The van der Waals surface area contributed by atoms with Crippen molar-refractivity contribution < 1.29 is 5.11 Å². The van der Waals surface area contributed by atoms with Gasteiger partial charge in [-0.05, 0) is 49.6 Å². The van der Waals surface area contributed by atoms with Crippen molar-refractivity contribution in [3.05, 3.63) is 31.1 Å². The third-order valence-corrected chi connectivity index (χ3v) is 3.79. The highest BCUT2D eigenvalue weighted by Crippen LogP contribution is 2.30. The van der Waals surface area contributed by atoms with E-state index in [4.69, 9.17) is 5.11 Å². The number of hydrogen-bond acceptors (Lipinski definition) is 1. The van der Waals surface area contributed by atoms with Crippen LogP contribution in [0.3, 0.4) is 0 Å². The largest absolute Gasteiger partial charge is 0.392 e. The molecule has 11 heavy (non-hydrogen) atoms. The molecule has 0 radical (unpaired) electrons. The van der Waals surface area contributed by atoms with E-state index in [2.05, 4.69) is 47.8 Å². The second-order valence-electron chi connectivity index (χ2n) is 2.02. The summed E-state index contributed by atoms with van der Waals surface area (Å²) < 4.78 is 2.80. The van der Waals surface area contributed by atoms with Crippen LogP contribution >= 0.6 is 47.8 Å². The molecule has 0 aliphatic heterocycles. The molecule has 0 amide bonds. The van der Waals surface area contributed by atoms with Crippen molar-refractivity contribution in [2.45, 2.75) is 6.61 Å². The molecule has 0 aromatic heterocycles. The predicted octanol–water partition coefficient (Wildman–Crippen LogP) is 3.47. The van der Waals surface area contributed by atoms with Crippen molar-refractivity contribution in [1.82, 2.24) is 0 Å². The Bertz CT molecular complexity index is 273. The quantitative estimate of drug-likeness (QED) is 0.773. The third-order valence-electron chi connectivity index (χ3n) is 1.24. The fourth-order valence-electron chi connectivity index (χ4n) is 0.724. The molecule has 0 spiro atoms. The van der Waals surface area contributed by atoms with Crippen LogP contribution in [0.25, 0.3) is 0 Å². The molecule has 0 aliphatic carbocycles. The summed E-state index contributed by atoms with van der Waals surface area (Å²) in [7, 11) is 0. The first kappa shape index (κ1) is 9.71. The summed E-state index contributed by atoms with van der Waals surface area (Å²) in [6.45, 7) is 0.0403. The molecule has 0 atom stereocenters. The lowest BCUT2D eigenvalue weighted by Gasteiger charge is -2.03. The van der Waals surface area contributed by atoms with Gasteiger partial charge in [-0.25, -0.2) is 0 Å². The molecule has 1 aromatic rings. The van der Waals surface area contributed by atoms with Crippen LogP contribution < -0.4 is 0 Å². The van der Waals surface area contributed by atoms with Gasteiger partial charge < -0.3 is 5.11 Å². The van der Waals surface area contributed by atoms with Crippen molar-refractivity contribution in [3.63, 3.8) is 0 Å². The monoisotopic (exact) mass is 342 g/mol. The highest BCUT2D eigenvalue weighted by atomic mass is 79.9. The van der Waals surface area contributed by atoms with E-state index >= 15 is 0 Å². The van der Waals surface area contributed by atoms with Crippen LogP contribution in [0.4, 0.5) is 0 Å². The van der Waals surface area contributed by atoms with Gasteiger partial charge in [-0.3, -0.25) is 0 Å². The fourth-order valence-corrected chi connectivity index (χ4v) is 2.39. The number of aliphatic hydroxyl groups excluding tert-OH is 1. The summed E-state index contributed by atoms with van der Waals surface area (Å²) in [5.74, 6) is 0. The lowest BCUT2D eigenvalue weighted by atomic mass is 10.2. The molecule has 1 N–H and O–H groups in total. The van der Waals surface area contributed by atoms with E-state index < -0.39 is 0 Å². The second kappa shape index (κ2) is 4.03. The van der Waals surface area contributed by atoms with E-state index in [9.17, 15) is 0 Å². The maximum Gasteiger partial charge on any atom is 0.0693 e. The van der Waals surface area contributed by atoms with Gasteiger partial charge in [-0.15, -0.1) is 0 Å². The molecule has 0 bridgehead atoms. The summed E-state index contributed by atoms with van der Waals surface area (Å²) in [6, 6.07) is 3.79. The van der Waals surface area contributed by atoms with Gasteiger partial charge in [0.15, 0.2) is 0 Å². The first-order valence-corrected chi connectivity index (χ1v) is 5.27. The normalized spacial score (nSPS) is 10.2. The van der Waals surface area contributed by atoms with Crippen LogP contribution in [0.2, 0.25) is 0 Å². The van der Waals surface area contributed by atoms with E-state index in [-0.39, 0.29) is 6.61 Å². The molecule has 60 valence electrons. The first-order valence-electron chi connectivity index (χ1n) is 2.89. The second-order valence-corrected chi connectivity index (χ2v) is 4.58. The molecule has 1 nitrogen and oxygen atoms in total. The van der Waals surface area contributed by atoms with Crippen LogP contribution in [-0.2, 0) is 6.61 Å². The summed E-state index contributed by atoms with van der Waals surface area (Å²) in [6.07, 6.45) is 0. The molecule has 1 rings (SSSR count). The van der Waals surface area contributed by atoms with E-state index in [1.54, 1.807) is 0 Å². The first-order chi connectivity index (χ1) is 5.15. The van der Waals surface area contributed by atoms with Crippen LogP contribution in [0.15, 0.2) is 25.6 Å². The standard InChI is InChI=1S/C7H5Br3O/c8-5-1-4(3-11)7(10)6(9)2-5/h1-2,11H,3H2. The summed E-state index contributed by atoms with van der Waals surface area (Å²) in [4.78, 5) is 0. The average molecular weight is 345 g/mol. The van der Waals surface area contributed by atoms with E-state index in [0.717, 1.165) is 19.0 Å². The van der Waals surface area contributed by atoms with Crippen molar-refractivity contribution in [2.75, 3.05) is 0 Å². The van der Waals surface area contributed by atoms with Gasteiger partial charge in [0.2, 0.25) is 0 Å². The van der Waals surface area contributed by atoms with E-state index in [1.807, 2.05) is 12.1 Å². The lowest BCUT2D eigenvalue weighted by Crippen LogP contribution is -1.85. The molecule has 1 aromatic carbocycles. The van der Waals surface area contributed by atoms with Gasteiger partial charge in [0.05, 0.1) is 6.61 Å². The van der Waals surface area contributed by atoms with Crippen molar-refractivity contribution in [3.8, 4) is 0 Å². The smallest absolute Gasteiger partial charge is 0.0693 e. The molecule has 0 fully saturated rings. The minimum atomic E-state index is 0.0403. The van der Waals surface area contributed by atoms with Gasteiger partial charge in [-0.1, -0.05) is 15.9 Å². The van der Waals surface area contributed by atoms with Crippen LogP contribution in [-0.4, -0.2) is 5.11 Å². The zero-order chi connectivity index (χ0) is 8.43. The highest BCUT2D eigenvalue weighted by Gasteiger charge is 2.03. The highest BCUT2D eigenvalue weighted by molar-refractivity contribution is 9.13. The predicted molar refractivity (Wildman–Crippen MR) is 55.5 cm³/mol. The minimum absolute atomic E-state index is 0.0403. The number of halogens is 3. The minimum Gasteiger partial charge on any atom is -0.392 e. The van der Waals surface area contributed by atoms with E-state index in [0.29, 0.717) is 0 Å². The number of hydrogen-bond donors (Lipinski definition) is 1. The lowest BCUT2D eigenvalue weighted by molar-refractivity contribution is 0.281. The molecule has 0 aliphatic rings. The topological polar surface area (TPSA) is 20.2 Å². The average Bonchev–Trinajstić information content (AvgIpc) is 1.96. The molecule has 0 saturated heterocycles. The number of aliphatic hydroxyl groups is 1. The Labute approximate surface area is 90.2 Å². The summed E-state index contributed by atoms with van der Waals surface area (Å²) in [5.41, 5.74) is 0.867. The summed E-state index contributed by atoms with van der Waals surface area (Å²) in [5, 5.41) is 8.90. The van der Waals surface area contributed by atoms with Crippen LogP contribution in [0.1, 0.15) is 5.56 Å². The Balaban J connectivity index is 3.24. The molecule has 0 saturated carbocycles. The SMILES string of the molecule is OCc1cc(Br)cc(Br)c1Br. The molecule has 4 heteroatoms. The maximum absolute atomic E-state index is 8.90. The van der Waals surface area contributed by atoms with Gasteiger partial charge in [-0.2, -0.15) is 0 Å². The number of rotatable bonds is 1. The Kier molecular flexibility index (Phi) is 3.55. The molecular weight excluding hydrogens is 340 g/mol. The number of benzene rings is 1. The molecule has 0 heterocycles. The zero-order valence-corrected chi connectivity index (χ0v) is 10.2. The van der Waals surface area contributed by atoms with Gasteiger partial charge in [0.1, 0.15) is 0 Å². The van der Waals surface area contributed by atoms with Crippen molar-refractivity contribution >= 4 is 47.8 Å². The Morgan fingerprint density at radius 2 is 1.82 bits per heavy atom. The van der Waals surface area contributed by atoms with Crippen molar-refractivity contribution in [1.29, 1.82) is 0 Å². The summed E-state index contributed by atoms with van der Waals surface area (Å²) >= 11 is 10.0. The molecular formula is C7H5Br3O. The van der Waals surface area contributed by atoms with Crippen LogP contribution in [0, 0.1) is 0 Å². The molecule has 0 unspecified atom stereocenters. The van der Waals surface area contributed by atoms with Gasteiger partial charge in [0, 0.05) is 13.4 Å². The Morgan fingerprint density at radius 3 is 2.36 bits per heavy atom. The van der Waals surface area contributed by atoms with Crippen LogP contribution in [0.5, 0.6) is 0 Å². The van der Waals surface area contributed by atoms with E-state index in [1.165, 1.54) is 0 Å². The van der Waals surface area contributed by atoms with Gasteiger partial charge >= 0.3 is 0 Å². The third kappa shape index (κ3) is 2.28.